The Morgan fingerprint density at radius 3 is 2.38 bits per heavy atom. The molecule has 0 spiro atoms. The molecule has 0 aromatic rings. The minimum atomic E-state index is -2.93. The number of halogens is 2. The molecule has 6 heteroatoms. The maximum absolute atomic E-state index is 12.8. The van der Waals surface area contributed by atoms with Gasteiger partial charge in [-0.05, 0) is 20.3 Å². The molecule has 2 atom stereocenters. The molecule has 1 saturated carbocycles. The first-order valence-electron chi connectivity index (χ1n) is 5.09. The molecule has 0 aromatic carbocycles. The van der Waals surface area contributed by atoms with Crippen molar-refractivity contribution in [1.29, 1.82) is 0 Å². The minimum Gasteiger partial charge on any atom is -0.481 e. The SMILES string of the molecule is CC(CCC(=O)O)NC(=O)C1(C)CC1(F)F. The zero-order valence-corrected chi connectivity index (χ0v) is 9.22. The van der Waals surface area contributed by atoms with E-state index in [-0.39, 0.29) is 12.8 Å². The van der Waals surface area contributed by atoms with E-state index in [9.17, 15) is 18.4 Å². The van der Waals surface area contributed by atoms with E-state index >= 15 is 0 Å². The van der Waals surface area contributed by atoms with E-state index in [2.05, 4.69) is 5.32 Å². The normalized spacial score (nSPS) is 28.2. The minimum absolute atomic E-state index is 0.0887. The predicted octanol–water partition coefficient (Wildman–Crippen LogP) is 1.40. The van der Waals surface area contributed by atoms with Gasteiger partial charge in [-0.15, -0.1) is 0 Å². The zero-order chi connectivity index (χ0) is 12.6. The Hall–Kier alpha value is -1.20. The van der Waals surface area contributed by atoms with Crippen molar-refractivity contribution < 1.29 is 23.5 Å². The molecule has 1 aliphatic rings. The molecule has 2 unspecified atom stereocenters. The number of alkyl halides is 2. The molecule has 0 heterocycles. The fourth-order valence-electron chi connectivity index (χ4n) is 1.44. The predicted molar refractivity (Wildman–Crippen MR) is 52.1 cm³/mol. The summed E-state index contributed by atoms with van der Waals surface area (Å²) in [5.74, 6) is -4.59. The van der Waals surface area contributed by atoms with Gasteiger partial charge in [-0.1, -0.05) is 0 Å². The molecule has 2 N–H and O–H groups in total. The van der Waals surface area contributed by atoms with Crippen LogP contribution in [0.1, 0.15) is 33.1 Å². The van der Waals surface area contributed by atoms with Crippen LogP contribution in [0.4, 0.5) is 8.78 Å². The van der Waals surface area contributed by atoms with Crippen LogP contribution >= 0.6 is 0 Å². The second-order valence-electron chi connectivity index (χ2n) is 4.52. The maximum atomic E-state index is 12.8. The molecule has 1 amide bonds. The van der Waals surface area contributed by atoms with Crippen LogP contribution in [-0.2, 0) is 9.59 Å². The first-order valence-corrected chi connectivity index (χ1v) is 5.09. The van der Waals surface area contributed by atoms with Gasteiger partial charge in [-0.3, -0.25) is 9.59 Å². The fraction of sp³-hybridized carbons (Fsp3) is 0.800. The van der Waals surface area contributed by atoms with Gasteiger partial charge in [0.25, 0.3) is 5.92 Å². The summed E-state index contributed by atoms with van der Waals surface area (Å²) in [5.41, 5.74) is -1.61. The van der Waals surface area contributed by atoms with Crippen molar-refractivity contribution in [3.8, 4) is 0 Å². The highest BCUT2D eigenvalue weighted by Gasteiger charge is 2.72. The number of hydrogen-bond acceptors (Lipinski definition) is 2. The number of carbonyl (C=O) groups is 2. The van der Waals surface area contributed by atoms with Crippen molar-refractivity contribution in [3.05, 3.63) is 0 Å². The molecule has 0 aromatic heterocycles. The summed E-state index contributed by atoms with van der Waals surface area (Å²) in [6, 6.07) is -0.406. The maximum Gasteiger partial charge on any atom is 0.303 e. The molecule has 92 valence electrons. The lowest BCUT2D eigenvalue weighted by Gasteiger charge is -2.16. The topological polar surface area (TPSA) is 66.4 Å². The standard InChI is InChI=1S/C10H15F2NO3/c1-6(3-4-7(14)15)13-8(16)9(2)5-10(9,11)12/h6H,3-5H2,1-2H3,(H,13,16)(H,14,15). The summed E-state index contributed by atoms with van der Waals surface area (Å²) in [4.78, 5) is 21.7. The van der Waals surface area contributed by atoms with Gasteiger partial charge in [-0.25, -0.2) is 8.78 Å². The molecular weight excluding hydrogens is 220 g/mol. The number of carboxylic acids is 1. The molecule has 1 rings (SSSR count). The van der Waals surface area contributed by atoms with E-state index in [1.165, 1.54) is 6.92 Å². The second-order valence-corrected chi connectivity index (χ2v) is 4.52. The largest absolute Gasteiger partial charge is 0.481 e. The average Bonchev–Trinajstić information content (AvgIpc) is 2.64. The third-order valence-corrected chi connectivity index (χ3v) is 2.93. The van der Waals surface area contributed by atoms with Gasteiger partial charge in [0.15, 0.2) is 0 Å². The number of aliphatic carboxylic acids is 1. The summed E-state index contributed by atoms with van der Waals surface area (Å²) < 4.78 is 25.7. The first-order chi connectivity index (χ1) is 7.19. The molecule has 1 fully saturated rings. The Balaban J connectivity index is 2.38. The quantitative estimate of drug-likeness (QED) is 0.757. The average molecular weight is 235 g/mol. The van der Waals surface area contributed by atoms with Gasteiger partial charge >= 0.3 is 5.97 Å². The molecule has 4 nitrogen and oxygen atoms in total. The summed E-state index contributed by atoms with van der Waals surface area (Å²) in [5, 5.41) is 10.8. The Morgan fingerprint density at radius 1 is 1.50 bits per heavy atom. The van der Waals surface area contributed by atoms with Crippen LogP contribution in [0.2, 0.25) is 0 Å². The highest BCUT2D eigenvalue weighted by Crippen LogP contribution is 2.60. The lowest BCUT2D eigenvalue weighted by molar-refractivity contribution is -0.137. The Kier molecular flexibility index (Phi) is 3.21. The van der Waals surface area contributed by atoms with Gasteiger partial charge in [-0.2, -0.15) is 0 Å². The van der Waals surface area contributed by atoms with E-state index in [0.717, 1.165) is 0 Å². The zero-order valence-electron chi connectivity index (χ0n) is 9.22. The Bertz CT molecular complexity index is 319. The van der Waals surface area contributed by atoms with Crippen LogP contribution in [0.15, 0.2) is 0 Å². The second kappa shape index (κ2) is 3.99. The van der Waals surface area contributed by atoms with Crippen LogP contribution in [-0.4, -0.2) is 28.9 Å². The van der Waals surface area contributed by atoms with Crippen molar-refractivity contribution >= 4 is 11.9 Å². The van der Waals surface area contributed by atoms with Crippen molar-refractivity contribution in [1.82, 2.24) is 5.32 Å². The van der Waals surface area contributed by atoms with E-state index < -0.39 is 35.7 Å². The number of amides is 1. The number of carbonyl (C=O) groups excluding carboxylic acids is 1. The summed E-state index contributed by atoms with van der Waals surface area (Å²) >= 11 is 0. The Morgan fingerprint density at radius 2 is 2.00 bits per heavy atom. The molecule has 1 aliphatic carbocycles. The lowest BCUT2D eigenvalue weighted by Crippen LogP contribution is -2.39. The van der Waals surface area contributed by atoms with Crippen molar-refractivity contribution in [3.63, 3.8) is 0 Å². The molecular formula is C10H15F2NO3. The van der Waals surface area contributed by atoms with E-state index in [1.807, 2.05) is 0 Å². The molecule has 0 bridgehead atoms. The summed E-state index contributed by atoms with van der Waals surface area (Å²) in [7, 11) is 0. The van der Waals surface area contributed by atoms with E-state index in [4.69, 9.17) is 5.11 Å². The van der Waals surface area contributed by atoms with Gasteiger partial charge in [0.05, 0.1) is 0 Å². The van der Waals surface area contributed by atoms with Crippen molar-refractivity contribution in [2.45, 2.75) is 45.1 Å². The van der Waals surface area contributed by atoms with E-state index in [0.29, 0.717) is 0 Å². The molecule has 0 aliphatic heterocycles. The van der Waals surface area contributed by atoms with Crippen molar-refractivity contribution in [2.24, 2.45) is 5.41 Å². The van der Waals surface area contributed by atoms with Crippen LogP contribution in [0.25, 0.3) is 0 Å². The van der Waals surface area contributed by atoms with E-state index in [1.54, 1.807) is 6.92 Å². The highest BCUT2D eigenvalue weighted by atomic mass is 19.3. The highest BCUT2D eigenvalue weighted by molar-refractivity contribution is 5.87. The van der Waals surface area contributed by atoms with Gasteiger partial charge in [0.1, 0.15) is 5.41 Å². The third kappa shape index (κ3) is 2.48. The molecule has 16 heavy (non-hydrogen) atoms. The first kappa shape index (κ1) is 12.9. The molecule has 0 radical (unpaired) electrons. The van der Waals surface area contributed by atoms with Crippen LogP contribution in [0.5, 0.6) is 0 Å². The van der Waals surface area contributed by atoms with Crippen LogP contribution in [0, 0.1) is 5.41 Å². The lowest BCUT2D eigenvalue weighted by atomic mass is 10.1. The van der Waals surface area contributed by atoms with Gasteiger partial charge in [0.2, 0.25) is 5.91 Å². The number of rotatable bonds is 5. The molecule has 0 saturated heterocycles. The monoisotopic (exact) mass is 235 g/mol. The van der Waals surface area contributed by atoms with Crippen LogP contribution in [0.3, 0.4) is 0 Å². The van der Waals surface area contributed by atoms with Crippen molar-refractivity contribution in [2.75, 3.05) is 0 Å². The fourth-order valence-corrected chi connectivity index (χ4v) is 1.44. The number of nitrogens with one attached hydrogen (secondary N) is 1. The third-order valence-electron chi connectivity index (χ3n) is 2.93. The van der Waals surface area contributed by atoms with Gasteiger partial charge < -0.3 is 10.4 Å². The number of carboxylic acid groups (broad SMARTS) is 1. The van der Waals surface area contributed by atoms with Gasteiger partial charge in [0, 0.05) is 18.9 Å². The number of hydrogen-bond donors (Lipinski definition) is 2. The summed E-state index contributed by atoms with van der Waals surface area (Å²) in [6.07, 6.45) is -0.283. The van der Waals surface area contributed by atoms with Crippen LogP contribution < -0.4 is 5.32 Å². The summed E-state index contributed by atoms with van der Waals surface area (Å²) in [6.45, 7) is 2.82. The Labute approximate surface area is 92.0 Å². The smallest absolute Gasteiger partial charge is 0.303 e.